The minimum atomic E-state index is -1.02. The third-order valence-electron chi connectivity index (χ3n) is 20.9. The molecule has 0 spiro atoms. The van der Waals surface area contributed by atoms with Gasteiger partial charge in [-0.25, -0.2) is 0 Å². The average molecular weight is 935 g/mol. The largest absolute Gasteiger partial charge is 0.550 e. The second kappa shape index (κ2) is 19.3. The Labute approximate surface area is 406 Å². The summed E-state index contributed by atoms with van der Waals surface area (Å²) in [5.74, 6) is 7.66. The number of fused-ring (bicyclic) bond motifs is 9. The van der Waals surface area contributed by atoms with Gasteiger partial charge in [-0.3, -0.25) is 9.59 Å². The lowest BCUT2D eigenvalue weighted by Crippen LogP contribution is -2.63. The molecule has 2 unspecified atom stereocenters. The van der Waals surface area contributed by atoms with E-state index in [1.165, 1.54) is 22.3 Å². The summed E-state index contributed by atoms with van der Waals surface area (Å²) in [4.78, 5) is 39.7. The quantitative estimate of drug-likeness (QED) is 0.127. The molecule has 68 heavy (non-hydrogen) atoms. The first kappa shape index (κ1) is 49.5. The van der Waals surface area contributed by atoms with Crippen LogP contribution in [0.3, 0.4) is 0 Å². The number of quaternary nitrogens is 1. The number of carboxylic acids is 1. The second-order valence-electron chi connectivity index (χ2n) is 24.0. The molecule has 0 saturated heterocycles. The lowest BCUT2D eigenvalue weighted by molar-refractivity contribution is -0.368. The van der Waals surface area contributed by atoms with Crippen LogP contribution in [0.2, 0.25) is 0 Å². The summed E-state index contributed by atoms with van der Waals surface area (Å²) in [6.45, 7) is 13.0. The number of aliphatic hydroxyl groups excluding tert-OH is 1. The Morgan fingerprint density at radius 3 is 2.49 bits per heavy atom. The number of carbonyl (C=O) groups is 3. The summed E-state index contributed by atoms with van der Waals surface area (Å²) in [7, 11) is 2.14. The molecule has 1 aromatic carbocycles. The number of aliphatic carboxylic acids is 1. The van der Waals surface area contributed by atoms with E-state index in [1.807, 2.05) is 13.0 Å². The Hall–Kier alpha value is -3.49. The normalized spacial score (nSPS) is 40.8. The van der Waals surface area contributed by atoms with Crippen molar-refractivity contribution >= 4 is 23.4 Å². The number of hydrogen-bond acceptors (Lipinski definition) is 9. The van der Waals surface area contributed by atoms with Gasteiger partial charge in [0.15, 0.2) is 5.78 Å². The molecule has 6 fully saturated rings. The molecular formula is C58H82N2O8. The van der Waals surface area contributed by atoms with Crippen LogP contribution in [0.15, 0.2) is 47.1 Å². The standard InChI is InChI=1S/C58H82N2O8/c1-7-24-58(66)26-23-46-43-17-13-37-30-40(61)16-18-42(37)53(43)44(34-56(46,58)4)36-11-14-39(15-12-36)60(6)28-29-67-41-22-25-55(3)38(31-41)32-49(68-52(65)9-8-27-59)54-47-20-19-45(35(2)10-21-51(63)64)57(47,5)50(62)33-48(54)55/h11-12,14-15,30,35,38,41,43-50,54,62,66H,8-10,13,16-23,25-29,31-34,59H2,1-6H3,(H,63,64)/t35-,38+,41+,43?,44-,45-,46?,47+,48+,49-,50+,54+,55+,56+,57-,58+/m1/s1. The topological polar surface area (TPSA) is 164 Å². The first-order valence-electron chi connectivity index (χ1n) is 26.9. The molecule has 0 aromatic heterocycles. The van der Waals surface area contributed by atoms with Gasteiger partial charge in [0.25, 0.3) is 0 Å². The molecule has 10 nitrogen and oxygen atoms in total. The zero-order valence-electron chi connectivity index (χ0n) is 42.2. The van der Waals surface area contributed by atoms with E-state index in [2.05, 4.69) is 81.5 Å². The maximum Gasteiger partial charge on any atom is 0.306 e. The summed E-state index contributed by atoms with van der Waals surface area (Å²) in [5.41, 5.74) is 8.88. The molecule has 0 aliphatic heterocycles. The summed E-state index contributed by atoms with van der Waals surface area (Å²) < 4.78 is 13.3. The number of anilines is 1. The number of esters is 1. The average Bonchev–Trinajstić information content (AvgIpc) is 3.81. The summed E-state index contributed by atoms with van der Waals surface area (Å²) in [6, 6.07) is 9.08. The fourth-order valence-electron chi connectivity index (χ4n) is 17.2. The van der Waals surface area contributed by atoms with Gasteiger partial charge >= 0.3 is 5.97 Å². The van der Waals surface area contributed by atoms with Crippen molar-refractivity contribution < 1.29 is 44.9 Å². The van der Waals surface area contributed by atoms with Gasteiger partial charge in [0, 0.05) is 55.3 Å². The lowest BCUT2D eigenvalue weighted by atomic mass is 9.43. The number of allylic oxidation sites excluding steroid dienone is 4. The third kappa shape index (κ3) is 8.53. The highest BCUT2D eigenvalue weighted by atomic mass is 16.5. The molecular weight excluding hydrogens is 853 g/mol. The molecule has 8 aliphatic rings. The zero-order chi connectivity index (χ0) is 48.3. The summed E-state index contributed by atoms with van der Waals surface area (Å²) in [6.07, 6.45) is 15.2. The first-order valence-corrected chi connectivity index (χ1v) is 26.9. The third-order valence-corrected chi connectivity index (χ3v) is 20.9. The molecule has 0 heterocycles. The Kier molecular flexibility index (Phi) is 14.0. The van der Waals surface area contributed by atoms with Gasteiger partial charge in [-0.05, 0) is 190 Å². The Bertz CT molecular complexity index is 2210. The van der Waals surface area contributed by atoms with Crippen LogP contribution in [0.1, 0.15) is 162 Å². The minimum Gasteiger partial charge on any atom is -0.550 e. The molecule has 8 aliphatic carbocycles. The number of ketones is 1. The van der Waals surface area contributed by atoms with Gasteiger partial charge in [-0.1, -0.05) is 51.3 Å². The van der Waals surface area contributed by atoms with Crippen molar-refractivity contribution in [2.45, 2.75) is 180 Å². The maximum atomic E-state index is 13.4. The van der Waals surface area contributed by atoms with E-state index in [0.717, 1.165) is 82.9 Å². The lowest BCUT2D eigenvalue weighted by Gasteiger charge is -2.64. The van der Waals surface area contributed by atoms with Crippen molar-refractivity contribution in [1.82, 2.24) is 0 Å². The number of hydrogen-bond donors (Lipinski definition) is 3. The van der Waals surface area contributed by atoms with Gasteiger partial charge in [0.05, 0.1) is 31.8 Å². The number of aliphatic hydroxyl groups is 2. The fraction of sp³-hybridized carbons (Fsp3) is 0.741. The Balaban J connectivity index is 0.873. The molecule has 16 atom stereocenters. The monoisotopic (exact) mass is 935 g/mol. The van der Waals surface area contributed by atoms with Gasteiger partial charge < -0.3 is 40.2 Å². The number of benzene rings is 1. The molecule has 0 radical (unpaired) electrons. The van der Waals surface area contributed by atoms with Crippen molar-refractivity contribution in [3.63, 3.8) is 0 Å². The van der Waals surface area contributed by atoms with E-state index < -0.39 is 17.7 Å². The van der Waals surface area contributed by atoms with Crippen LogP contribution >= 0.6 is 0 Å². The predicted molar refractivity (Wildman–Crippen MR) is 260 cm³/mol. The van der Waals surface area contributed by atoms with Crippen molar-refractivity contribution in [3.05, 3.63) is 52.6 Å². The van der Waals surface area contributed by atoms with E-state index in [4.69, 9.17) is 9.47 Å². The van der Waals surface area contributed by atoms with Crippen molar-refractivity contribution in [1.29, 1.82) is 0 Å². The van der Waals surface area contributed by atoms with E-state index >= 15 is 0 Å². The van der Waals surface area contributed by atoms with E-state index in [-0.39, 0.29) is 82.1 Å². The van der Waals surface area contributed by atoms with Crippen molar-refractivity contribution in [2.24, 2.45) is 63.6 Å². The number of carboxylic acid groups (broad SMARTS) is 1. The van der Waals surface area contributed by atoms with Gasteiger partial charge in [0.1, 0.15) is 11.7 Å². The van der Waals surface area contributed by atoms with Gasteiger partial charge in [-0.15, -0.1) is 5.92 Å². The molecule has 0 bridgehead atoms. The zero-order valence-corrected chi connectivity index (χ0v) is 42.2. The predicted octanol–water partition coefficient (Wildman–Crippen LogP) is 7.50. The van der Waals surface area contributed by atoms with Crippen LogP contribution in [0.25, 0.3) is 0 Å². The highest BCUT2D eigenvalue weighted by Crippen LogP contribution is 2.70. The number of likely N-dealkylation sites (N-methyl/N-ethyl adjacent to an activating group) is 1. The Morgan fingerprint density at radius 2 is 1.75 bits per heavy atom. The highest BCUT2D eigenvalue weighted by molar-refractivity contribution is 5.93. The minimum absolute atomic E-state index is 0.00248. The van der Waals surface area contributed by atoms with Crippen LogP contribution in [0.4, 0.5) is 5.69 Å². The van der Waals surface area contributed by atoms with Crippen LogP contribution in [0, 0.1) is 75.4 Å². The molecule has 1 aromatic rings. The molecule has 0 amide bonds. The second-order valence-corrected chi connectivity index (χ2v) is 24.0. The van der Waals surface area contributed by atoms with E-state index in [1.54, 1.807) is 0 Å². The Morgan fingerprint density at radius 1 is 0.971 bits per heavy atom. The number of ether oxygens (including phenoxy) is 2. The molecule has 9 rings (SSSR count). The van der Waals surface area contributed by atoms with E-state index in [9.17, 15) is 29.7 Å². The molecule has 5 N–H and O–H groups in total. The maximum absolute atomic E-state index is 13.4. The molecule has 6 saturated carbocycles. The van der Waals surface area contributed by atoms with Crippen LogP contribution in [-0.2, 0) is 23.9 Å². The van der Waals surface area contributed by atoms with E-state index in [0.29, 0.717) is 69.4 Å². The first-order chi connectivity index (χ1) is 32.4. The van der Waals surface area contributed by atoms with Crippen LogP contribution < -0.4 is 15.7 Å². The SMILES string of the molecule is CC#C[C@]1(O)CCC2C3CCC4=CC(=O)CCC4=C3[C@@H](c3ccc(N(C)CCO[C@H]4CC[C@@]5(C)[C@@H](C4)C[C@@H](OC(=O)CCC[NH3+])[C@@H]4[C@@H]5C[C@H](O)[C@]5(C)[C@@H]([C@H](C)CCC(=O)[O-])CC[C@@H]45)cc3)C[C@@]21C. The highest BCUT2D eigenvalue weighted by Gasteiger charge is 2.67. The number of carbonyl (C=O) groups excluding carboxylic acids is 3. The van der Waals surface area contributed by atoms with Crippen LogP contribution in [0.5, 0.6) is 0 Å². The molecule has 372 valence electrons. The van der Waals surface area contributed by atoms with Gasteiger partial charge in [0.2, 0.25) is 0 Å². The van der Waals surface area contributed by atoms with Crippen LogP contribution in [-0.4, -0.2) is 78.6 Å². The van der Waals surface area contributed by atoms with Crippen molar-refractivity contribution in [3.8, 4) is 11.8 Å². The fourth-order valence-corrected chi connectivity index (χ4v) is 17.2. The number of nitrogens with zero attached hydrogens (tertiary/aromatic N) is 1. The smallest absolute Gasteiger partial charge is 0.306 e. The summed E-state index contributed by atoms with van der Waals surface area (Å²) >= 11 is 0. The number of rotatable bonds is 14. The van der Waals surface area contributed by atoms with Crippen molar-refractivity contribution in [2.75, 3.05) is 31.6 Å². The molecule has 10 heteroatoms. The summed E-state index contributed by atoms with van der Waals surface area (Å²) in [5, 5.41) is 35.8. The van der Waals surface area contributed by atoms with Gasteiger partial charge in [-0.2, -0.15) is 0 Å².